The van der Waals surface area contributed by atoms with Crippen molar-refractivity contribution in [2.45, 2.75) is 11.8 Å². The molecule has 0 unspecified atom stereocenters. The molecule has 0 spiro atoms. The maximum Gasteiger partial charge on any atom is 0.242 e. The molecule has 0 saturated heterocycles. The van der Waals surface area contributed by atoms with Crippen molar-refractivity contribution in [2.75, 3.05) is 14.1 Å². The molecule has 0 radical (unpaired) electrons. The standard InChI is InChI=1S/C19H20ClN3O2S2.BrH/c1-13-9-10-14(11-18(13)27(24,25)22(2)3)17-12-26-19(23(17)4)21-16-8-6-5-7-15(16)20;/h5-12H,1-4H3;1H. The van der Waals surface area contributed by atoms with Crippen LogP contribution in [0.4, 0.5) is 5.69 Å². The van der Waals surface area contributed by atoms with Crippen LogP contribution in [0.3, 0.4) is 0 Å². The summed E-state index contributed by atoms with van der Waals surface area (Å²) in [5.74, 6) is 0. The zero-order valence-corrected chi connectivity index (χ0v) is 20.0. The van der Waals surface area contributed by atoms with Crippen LogP contribution < -0.4 is 4.80 Å². The van der Waals surface area contributed by atoms with Gasteiger partial charge in [-0.3, -0.25) is 0 Å². The number of halogens is 2. The Kier molecular flexibility index (Phi) is 7.27. The van der Waals surface area contributed by atoms with E-state index in [2.05, 4.69) is 4.99 Å². The quantitative estimate of drug-likeness (QED) is 0.516. The van der Waals surface area contributed by atoms with Gasteiger partial charge in [0.2, 0.25) is 10.0 Å². The van der Waals surface area contributed by atoms with Gasteiger partial charge in [-0.15, -0.1) is 28.3 Å². The summed E-state index contributed by atoms with van der Waals surface area (Å²) in [5, 5.41) is 2.55. The van der Waals surface area contributed by atoms with Gasteiger partial charge in [0.1, 0.15) is 0 Å². The number of aromatic nitrogens is 1. The first-order valence-corrected chi connectivity index (χ1v) is 10.9. The number of para-hydroxylation sites is 1. The van der Waals surface area contributed by atoms with Gasteiger partial charge in [-0.05, 0) is 30.7 Å². The van der Waals surface area contributed by atoms with E-state index in [4.69, 9.17) is 11.6 Å². The molecule has 0 aliphatic heterocycles. The summed E-state index contributed by atoms with van der Waals surface area (Å²) in [7, 11) is 1.46. The zero-order valence-electron chi connectivity index (χ0n) is 15.9. The highest BCUT2D eigenvalue weighted by Gasteiger charge is 2.21. The van der Waals surface area contributed by atoms with Crippen LogP contribution in [0.1, 0.15) is 5.56 Å². The maximum absolute atomic E-state index is 12.6. The van der Waals surface area contributed by atoms with Gasteiger partial charge in [-0.25, -0.2) is 17.7 Å². The topological polar surface area (TPSA) is 54.7 Å². The largest absolute Gasteiger partial charge is 0.320 e. The van der Waals surface area contributed by atoms with E-state index in [0.717, 1.165) is 16.1 Å². The Hall–Kier alpha value is -1.45. The Morgan fingerprint density at radius 2 is 1.82 bits per heavy atom. The van der Waals surface area contributed by atoms with Crippen molar-refractivity contribution in [1.82, 2.24) is 8.87 Å². The molecule has 150 valence electrons. The van der Waals surface area contributed by atoms with E-state index in [-0.39, 0.29) is 17.0 Å². The number of rotatable bonds is 4. The summed E-state index contributed by atoms with van der Waals surface area (Å²) >= 11 is 7.67. The average Bonchev–Trinajstić information content (AvgIpc) is 2.98. The fraction of sp³-hybridized carbons (Fsp3) is 0.211. The number of thiazole rings is 1. The van der Waals surface area contributed by atoms with E-state index in [0.29, 0.717) is 21.2 Å². The second-order valence-corrected chi connectivity index (χ2v) is 9.66. The molecule has 0 saturated carbocycles. The molecule has 0 amide bonds. The van der Waals surface area contributed by atoms with Gasteiger partial charge in [-0.1, -0.05) is 35.9 Å². The molecule has 0 aliphatic rings. The summed E-state index contributed by atoms with van der Waals surface area (Å²) in [6, 6.07) is 12.9. The van der Waals surface area contributed by atoms with Crippen molar-refractivity contribution >= 4 is 55.6 Å². The van der Waals surface area contributed by atoms with Crippen LogP contribution in [0.25, 0.3) is 11.3 Å². The van der Waals surface area contributed by atoms with E-state index in [9.17, 15) is 8.42 Å². The van der Waals surface area contributed by atoms with Gasteiger partial charge in [0.05, 0.1) is 21.3 Å². The Balaban J connectivity index is 0.00000280. The van der Waals surface area contributed by atoms with E-state index in [1.165, 1.54) is 29.7 Å². The molecular weight excluding hydrogens is 482 g/mol. The van der Waals surface area contributed by atoms with Gasteiger partial charge >= 0.3 is 0 Å². The highest BCUT2D eigenvalue weighted by molar-refractivity contribution is 8.93. The van der Waals surface area contributed by atoms with Crippen LogP contribution in [0, 0.1) is 6.92 Å². The van der Waals surface area contributed by atoms with Crippen molar-refractivity contribution in [3.05, 3.63) is 63.2 Å². The molecule has 28 heavy (non-hydrogen) atoms. The molecule has 5 nitrogen and oxygen atoms in total. The number of sulfonamides is 1. The van der Waals surface area contributed by atoms with Gasteiger partial charge in [0.15, 0.2) is 4.80 Å². The molecule has 0 bridgehead atoms. The molecule has 0 atom stereocenters. The number of aryl methyl sites for hydroxylation is 1. The number of benzene rings is 2. The number of hydrogen-bond donors (Lipinski definition) is 0. The Labute approximate surface area is 184 Å². The summed E-state index contributed by atoms with van der Waals surface area (Å²) in [4.78, 5) is 5.71. The third-order valence-corrected chi connectivity index (χ3v) is 7.43. The highest BCUT2D eigenvalue weighted by atomic mass is 79.9. The van der Waals surface area contributed by atoms with Gasteiger partial charge in [-0.2, -0.15) is 0 Å². The minimum Gasteiger partial charge on any atom is -0.320 e. The molecule has 3 aromatic rings. The SMILES string of the molecule is Br.Cc1ccc(-c2csc(=Nc3ccccc3Cl)n2C)cc1S(=O)(=O)N(C)C. The maximum atomic E-state index is 12.6. The minimum atomic E-state index is -3.51. The fourth-order valence-corrected chi connectivity index (χ4v) is 4.85. The van der Waals surface area contributed by atoms with Crippen molar-refractivity contribution in [3.63, 3.8) is 0 Å². The molecule has 2 aromatic carbocycles. The van der Waals surface area contributed by atoms with Crippen molar-refractivity contribution in [1.29, 1.82) is 0 Å². The van der Waals surface area contributed by atoms with E-state index in [1.54, 1.807) is 19.1 Å². The van der Waals surface area contributed by atoms with Gasteiger partial charge in [0, 0.05) is 32.1 Å². The van der Waals surface area contributed by atoms with Crippen LogP contribution in [0.15, 0.2) is 57.7 Å². The second kappa shape index (κ2) is 8.92. The molecule has 0 fully saturated rings. The molecule has 0 N–H and O–H groups in total. The van der Waals surface area contributed by atoms with E-state index < -0.39 is 10.0 Å². The van der Waals surface area contributed by atoms with Crippen LogP contribution >= 0.6 is 39.9 Å². The third-order valence-electron chi connectivity index (χ3n) is 4.24. The Bertz CT molecular complexity index is 1170. The average molecular weight is 503 g/mol. The van der Waals surface area contributed by atoms with Crippen molar-refractivity contribution < 1.29 is 8.42 Å². The highest BCUT2D eigenvalue weighted by Crippen LogP contribution is 2.27. The normalized spacial score (nSPS) is 12.3. The fourth-order valence-electron chi connectivity index (χ4n) is 2.61. The first kappa shape index (κ1) is 22.8. The molecule has 1 heterocycles. The third kappa shape index (κ3) is 4.41. The second-order valence-electron chi connectivity index (χ2n) is 6.29. The lowest BCUT2D eigenvalue weighted by molar-refractivity contribution is 0.520. The number of hydrogen-bond acceptors (Lipinski definition) is 4. The monoisotopic (exact) mass is 501 g/mol. The summed E-state index contributed by atoms with van der Waals surface area (Å²) in [6.45, 7) is 1.80. The number of nitrogens with zero attached hydrogens (tertiary/aromatic N) is 3. The lowest BCUT2D eigenvalue weighted by Gasteiger charge is -2.15. The minimum absolute atomic E-state index is 0. The smallest absolute Gasteiger partial charge is 0.242 e. The van der Waals surface area contributed by atoms with Gasteiger partial charge < -0.3 is 4.57 Å². The molecule has 0 aliphatic carbocycles. The first-order chi connectivity index (χ1) is 12.7. The lowest BCUT2D eigenvalue weighted by Crippen LogP contribution is -2.23. The van der Waals surface area contributed by atoms with E-state index >= 15 is 0 Å². The Morgan fingerprint density at radius 1 is 1.14 bits per heavy atom. The van der Waals surface area contributed by atoms with Crippen LogP contribution in [0.2, 0.25) is 5.02 Å². The van der Waals surface area contributed by atoms with E-state index in [1.807, 2.05) is 47.3 Å². The lowest BCUT2D eigenvalue weighted by atomic mass is 10.1. The predicted molar refractivity (Wildman–Crippen MR) is 121 cm³/mol. The van der Waals surface area contributed by atoms with Gasteiger partial charge in [0.25, 0.3) is 0 Å². The van der Waals surface area contributed by atoms with Crippen molar-refractivity contribution in [2.24, 2.45) is 12.0 Å². The van der Waals surface area contributed by atoms with Crippen LogP contribution in [-0.4, -0.2) is 31.4 Å². The summed E-state index contributed by atoms with van der Waals surface area (Å²) < 4.78 is 28.3. The predicted octanol–water partition coefficient (Wildman–Crippen LogP) is 4.78. The first-order valence-electron chi connectivity index (χ1n) is 8.19. The zero-order chi connectivity index (χ0) is 19.8. The summed E-state index contributed by atoms with van der Waals surface area (Å²) in [6.07, 6.45) is 0. The Morgan fingerprint density at radius 3 is 2.46 bits per heavy atom. The van der Waals surface area contributed by atoms with Crippen molar-refractivity contribution in [3.8, 4) is 11.3 Å². The van der Waals surface area contributed by atoms with Crippen LogP contribution in [-0.2, 0) is 17.1 Å². The van der Waals surface area contributed by atoms with Crippen LogP contribution in [0.5, 0.6) is 0 Å². The summed E-state index contributed by atoms with van der Waals surface area (Å²) in [5.41, 5.74) is 3.12. The molecule has 9 heteroatoms. The molecular formula is C19H21BrClN3O2S2. The molecule has 3 rings (SSSR count). The molecule has 1 aromatic heterocycles.